The summed E-state index contributed by atoms with van der Waals surface area (Å²) in [6, 6.07) is 3.71. The average Bonchev–Trinajstić information content (AvgIpc) is 3.60. The molecule has 2 aromatic rings. The molecule has 0 unspecified atom stereocenters. The van der Waals surface area contributed by atoms with Gasteiger partial charge in [-0.2, -0.15) is 12.7 Å². The van der Waals surface area contributed by atoms with Crippen LogP contribution in [0.25, 0.3) is 0 Å². The fourth-order valence-corrected chi connectivity index (χ4v) is 3.77. The van der Waals surface area contributed by atoms with Crippen LogP contribution in [-0.4, -0.2) is 50.8 Å². The van der Waals surface area contributed by atoms with Crippen molar-refractivity contribution in [2.75, 3.05) is 27.2 Å². The second-order valence-electron chi connectivity index (χ2n) is 7.70. The summed E-state index contributed by atoms with van der Waals surface area (Å²) in [7, 11) is -1.59. The third-order valence-electron chi connectivity index (χ3n) is 4.79. The molecule has 0 spiro atoms. The van der Waals surface area contributed by atoms with Gasteiger partial charge in [-0.3, -0.25) is 9.78 Å². The largest absolute Gasteiger partial charge is 0.487 e. The number of hydrogen-bond donors (Lipinski definition) is 2. The number of nitrogens with one attached hydrogen (secondary N) is 2. The van der Waals surface area contributed by atoms with E-state index in [0.717, 1.165) is 48.1 Å². The molecule has 1 saturated carbocycles. The Morgan fingerprint density at radius 1 is 1.18 bits per heavy atom. The molecule has 2 N–H and O–H groups in total. The lowest BCUT2D eigenvalue weighted by atomic mass is 10.1. The summed E-state index contributed by atoms with van der Waals surface area (Å²) in [6.45, 7) is 6.30. The molecule has 1 aliphatic rings. The molecule has 1 amide bonds. The summed E-state index contributed by atoms with van der Waals surface area (Å²) >= 11 is 12.3. The lowest BCUT2D eigenvalue weighted by Crippen LogP contribution is -2.39. The molecule has 3 rings (SSSR count). The predicted molar refractivity (Wildman–Crippen MR) is 131 cm³/mol. The molecule has 1 aliphatic carbocycles. The van der Waals surface area contributed by atoms with Crippen LogP contribution in [0.2, 0.25) is 10.0 Å². The topological polar surface area (TPSA) is 101 Å². The van der Waals surface area contributed by atoms with Crippen molar-refractivity contribution in [1.82, 2.24) is 19.3 Å². The first-order valence-corrected chi connectivity index (χ1v) is 12.9. The maximum Gasteiger partial charge on any atom is 0.303 e. The Bertz CT molecular complexity index is 1110. The van der Waals surface area contributed by atoms with E-state index in [4.69, 9.17) is 27.9 Å². The molecule has 12 heteroatoms. The van der Waals surface area contributed by atoms with Gasteiger partial charge in [-0.1, -0.05) is 37.0 Å². The Kier molecular flexibility index (Phi) is 10.5. The maximum atomic E-state index is 14.4. The van der Waals surface area contributed by atoms with Gasteiger partial charge in [-0.05, 0) is 38.1 Å². The SMILES string of the molecule is CCNCC.CN(C)S(=O)(=O)NC(=O)c1cc(Cl)c(COc2cnc(C3CC3)c(Cl)c2)cc1F. The molecule has 1 aromatic carbocycles. The van der Waals surface area contributed by atoms with Gasteiger partial charge in [0, 0.05) is 36.7 Å². The number of carbonyl (C=O) groups is 1. The number of ether oxygens (including phenoxy) is 1. The molecule has 1 fully saturated rings. The predicted octanol–water partition coefficient (Wildman–Crippen LogP) is 4.14. The van der Waals surface area contributed by atoms with E-state index in [2.05, 4.69) is 24.1 Å². The second-order valence-corrected chi connectivity index (χ2v) is 10.4. The van der Waals surface area contributed by atoms with Crippen molar-refractivity contribution in [3.8, 4) is 5.75 Å². The van der Waals surface area contributed by atoms with E-state index in [1.807, 2.05) is 0 Å². The van der Waals surface area contributed by atoms with Gasteiger partial charge in [-0.25, -0.2) is 9.11 Å². The standard InChI is InChI=1S/C18H18Cl2FN3O4S.C4H11N/c1-24(2)29(26,27)23-18(25)13-7-14(19)11(5-16(13)21)9-28-12-6-15(20)17(22-8-12)10-3-4-10;1-3-5-4-2/h5-8,10H,3-4,9H2,1-2H3,(H,23,25);5H,3-4H2,1-2H3. The van der Waals surface area contributed by atoms with Crippen molar-refractivity contribution < 1.29 is 22.3 Å². The number of rotatable bonds is 9. The molecule has 0 aliphatic heterocycles. The van der Waals surface area contributed by atoms with Crippen molar-refractivity contribution >= 4 is 39.3 Å². The molecule has 0 atom stereocenters. The van der Waals surface area contributed by atoms with Gasteiger partial charge >= 0.3 is 10.2 Å². The van der Waals surface area contributed by atoms with E-state index in [0.29, 0.717) is 16.7 Å². The van der Waals surface area contributed by atoms with Gasteiger partial charge in [0.25, 0.3) is 5.91 Å². The molecule has 0 radical (unpaired) electrons. The van der Waals surface area contributed by atoms with Crippen molar-refractivity contribution in [3.63, 3.8) is 0 Å². The molecule has 1 heterocycles. The Labute approximate surface area is 210 Å². The summed E-state index contributed by atoms with van der Waals surface area (Å²) in [4.78, 5) is 16.4. The highest BCUT2D eigenvalue weighted by atomic mass is 35.5. The summed E-state index contributed by atoms with van der Waals surface area (Å²) in [5.74, 6) is -1.26. The smallest absolute Gasteiger partial charge is 0.303 e. The average molecular weight is 535 g/mol. The molecule has 0 bridgehead atoms. The van der Waals surface area contributed by atoms with E-state index < -0.39 is 27.5 Å². The van der Waals surface area contributed by atoms with Gasteiger partial charge < -0.3 is 10.1 Å². The fourth-order valence-electron chi connectivity index (χ4n) is 2.71. The van der Waals surface area contributed by atoms with Gasteiger partial charge in [0.2, 0.25) is 0 Å². The number of aromatic nitrogens is 1. The number of pyridine rings is 1. The molecule has 188 valence electrons. The lowest BCUT2D eigenvalue weighted by Gasteiger charge is -2.14. The molecular weight excluding hydrogens is 506 g/mol. The molecule has 8 nitrogen and oxygen atoms in total. The Morgan fingerprint density at radius 3 is 2.32 bits per heavy atom. The Balaban J connectivity index is 0.000000739. The molecule has 34 heavy (non-hydrogen) atoms. The number of carbonyl (C=O) groups excluding carboxylic acids is 1. The van der Waals surface area contributed by atoms with Crippen LogP contribution in [0.3, 0.4) is 0 Å². The summed E-state index contributed by atoms with van der Waals surface area (Å²) in [6.07, 6.45) is 3.67. The van der Waals surface area contributed by atoms with Gasteiger partial charge in [0.15, 0.2) is 0 Å². The van der Waals surface area contributed by atoms with Gasteiger partial charge in [-0.15, -0.1) is 0 Å². The number of halogens is 3. The molecule has 0 saturated heterocycles. The van der Waals surface area contributed by atoms with Crippen molar-refractivity contribution in [2.45, 2.75) is 39.2 Å². The van der Waals surface area contributed by atoms with Crippen LogP contribution in [0.15, 0.2) is 24.4 Å². The molecular formula is C22H29Cl2FN4O4S. The minimum absolute atomic E-state index is 0.0486. The van der Waals surface area contributed by atoms with E-state index in [9.17, 15) is 17.6 Å². The van der Waals surface area contributed by atoms with E-state index in [-0.39, 0.29) is 17.2 Å². The van der Waals surface area contributed by atoms with Crippen LogP contribution >= 0.6 is 23.2 Å². The van der Waals surface area contributed by atoms with Gasteiger partial charge in [0.05, 0.1) is 22.5 Å². The van der Waals surface area contributed by atoms with Gasteiger partial charge in [0.1, 0.15) is 18.2 Å². The third kappa shape index (κ3) is 8.06. The highest BCUT2D eigenvalue weighted by molar-refractivity contribution is 7.87. The number of hydrogen-bond acceptors (Lipinski definition) is 6. The molecule has 1 aromatic heterocycles. The number of nitrogens with zero attached hydrogens (tertiary/aromatic N) is 2. The normalized spacial score (nSPS) is 13.3. The highest BCUT2D eigenvalue weighted by Crippen LogP contribution is 2.42. The van der Waals surface area contributed by atoms with E-state index in [1.165, 1.54) is 20.3 Å². The Hall–Kier alpha value is -1.98. The summed E-state index contributed by atoms with van der Waals surface area (Å²) in [5.41, 5.74) is 0.618. The zero-order valence-corrected chi connectivity index (χ0v) is 21.8. The van der Waals surface area contributed by atoms with Crippen molar-refractivity contribution in [1.29, 1.82) is 0 Å². The zero-order chi connectivity index (χ0) is 25.5. The minimum Gasteiger partial charge on any atom is -0.487 e. The monoisotopic (exact) mass is 534 g/mol. The second kappa shape index (κ2) is 12.6. The van der Waals surface area contributed by atoms with E-state index >= 15 is 0 Å². The van der Waals surface area contributed by atoms with Crippen LogP contribution in [0.4, 0.5) is 4.39 Å². The summed E-state index contributed by atoms with van der Waals surface area (Å²) < 4.78 is 46.0. The van der Waals surface area contributed by atoms with Crippen LogP contribution < -0.4 is 14.8 Å². The zero-order valence-electron chi connectivity index (χ0n) is 19.5. The first kappa shape index (κ1) is 28.3. The summed E-state index contributed by atoms with van der Waals surface area (Å²) in [5, 5.41) is 3.67. The Morgan fingerprint density at radius 2 is 1.82 bits per heavy atom. The number of benzene rings is 1. The number of amides is 1. The van der Waals surface area contributed by atoms with E-state index in [1.54, 1.807) is 10.8 Å². The lowest BCUT2D eigenvalue weighted by molar-refractivity contribution is 0.0975. The van der Waals surface area contributed by atoms with Crippen molar-refractivity contribution in [3.05, 3.63) is 57.1 Å². The van der Waals surface area contributed by atoms with Crippen molar-refractivity contribution in [2.24, 2.45) is 0 Å². The van der Waals surface area contributed by atoms with Crippen LogP contribution in [0.1, 0.15) is 54.2 Å². The third-order valence-corrected chi connectivity index (χ3v) is 6.85. The highest BCUT2D eigenvalue weighted by Gasteiger charge is 2.27. The van der Waals surface area contributed by atoms with Crippen LogP contribution in [0, 0.1) is 5.82 Å². The first-order chi connectivity index (χ1) is 16.0. The fraction of sp³-hybridized carbons (Fsp3) is 0.455. The van der Waals surface area contributed by atoms with Crippen LogP contribution in [-0.2, 0) is 16.8 Å². The first-order valence-electron chi connectivity index (χ1n) is 10.7. The minimum atomic E-state index is -4.06. The van der Waals surface area contributed by atoms with Crippen LogP contribution in [0.5, 0.6) is 5.75 Å². The quantitative estimate of drug-likeness (QED) is 0.501. The maximum absolute atomic E-state index is 14.4.